The van der Waals surface area contributed by atoms with Crippen LogP contribution >= 0.6 is 0 Å². The number of carbonyl (C=O) groups is 1. The summed E-state index contributed by atoms with van der Waals surface area (Å²) in [5.74, 6) is -2.15. The fourth-order valence-electron chi connectivity index (χ4n) is 5.64. The number of rotatable bonds is 14. The second kappa shape index (κ2) is 14.5. The van der Waals surface area contributed by atoms with Crippen molar-refractivity contribution in [3.8, 4) is 22.4 Å². The molecule has 8 nitrogen and oxygen atoms in total. The van der Waals surface area contributed by atoms with E-state index in [1.165, 1.54) is 16.4 Å². The first-order chi connectivity index (χ1) is 21.3. The van der Waals surface area contributed by atoms with Crippen LogP contribution in [0.25, 0.3) is 22.4 Å². The van der Waals surface area contributed by atoms with Gasteiger partial charge in [-0.15, -0.1) is 0 Å². The van der Waals surface area contributed by atoms with E-state index in [9.17, 15) is 32.9 Å². The summed E-state index contributed by atoms with van der Waals surface area (Å²) < 4.78 is 46.7. The molecule has 0 aliphatic heterocycles. The summed E-state index contributed by atoms with van der Waals surface area (Å²) in [6.45, 7) is 6.03. The Bertz CT molecular complexity index is 1700. The van der Waals surface area contributed by atoms with Gasteiger partial charge in [-0.3, -0.25) is 0 Å². The minimum atomic E-state index is -4.13. The molecule has 2 N–H and O–H groups in total. The van der Waals surface area contributed by atoms with Crippen LogP contribution in [-0.4, -0.2) is 52.7 Å². The summed E-state index contributed by atoms with van der Waals surface area (Å²) in [5, 5.41) is 31.8. The van der Waals surface area contributed by atoms with Crippen LogP contribution in [-0.2, 0) is 27.9 Å². The van der Waals surface area contributed by atoms with Crippen molar-refractivity contribution in [1.29, 1.82) is 0 Å². The van der Waals surface area contributed by atoms with E-state index in [1.807, 2.05) is 79.9 Å². The van der Waals surface area contributed by atoms with Crippen LogP contribution in [0.15, 0.2) is 83.8 Å². The average Bonchev–Trinajstić information content (AvgIpc) is 3.33. The Morgan fingerprint density at radius 1 is 0.933 bits per heavy atom. The molecular formula is C35H40FN2O6S-. The molecule has 0 amide bonds. The van der Waals surface area contributed by atoms with Crippen LogP contribution in [0.3, 0.4) is 0 Å². The molecule has 0 bridgehead atoms. The molecule has 4 rings (SSSR count). The van der Waals surface area contributed by atoms with E-state index >= 15 is 0 Å². The lowest BCUT2D eigenvalue weighted by Crippen LogP contribution is -2.30. The largest absolute Gasteiger partial charge is 0.550 e. The molecule has 1 aromatic heterocycles. The highest BCUT2D eigenvalue weighted by Gasteiger charge is 2.36. The molecule has 4 aromatic rings. The summed E-state index contributed by atoms with van der Waals surface area (Å²) in [6, 6.07) is 22.7. The number of aliphatic carboxylic acids is 1. The summed E-state index contributed by atoms with van der Waals surface area (Å²) in [7, 11) is -2.58. The number of aromatic nitrogens is 1. The van der Waals surface area contributed by atoms with Gasteiger partial charge in [0.25, 0.3) is 0 Å². The average molecular weight is 636 g/mol. The maximum Gasteiger partial charge on any atom is 0.245 e. The Morgan fingerprint density at radius 2 is 1.53 bits per heavy atom. The number of carboxylic acid groups (broad SMARTS) is 1. The normalized spacial score (nSPS) is 13.4. The second-order valence-corrected chi connectivity index (χ2v) is 13.8. The van der Waals surface area contributed by atoms with Gasteiger partial charge in [0.2, 0.25) is 10.0 Å². The topological polar surface area (TPSA) is 123 Å². The summed E-state index contributed by atoms with van der Waals surface area (Å²) in [6.07, 6.45) is -3.06. The highest BCUT2D eigenvalue weighted by molar-refractivity contribution is 7.89. The van der Waals surface area contributed by atoms with Crippen LogP contribution < -0.4 is 5.11 Å². The molecule has 0 aliphatic carbocycles. The lowest BCUT2D eigenvalue weighted by molar-refractivity contribution is -0.307. The monoisotopic (exact) mass is 635 g/mol. The van der Waals surface area contributed by atoms with Gasteiger partial charge < -0.3 is 24.7 Å². The zero-order valence-corrected chi connectivity index (χ0v) is 26.8. The third-order valence-corrected chi connectivity index (χ3v) is 9.69. The highest BCUT2D eigenvalue weighted by Crippen LogP contribution is 2.45. The maximum absolute atomic E-state index is 14.7. The Balaban J connectivity index is 1.96. The number of hydrogen-bond donors (Lipinski definition) is 2. The van der Waals surface area contributed by atoms with Crippen molar-refractivity contribution in [2.24, 2.45) is 0 Å². The van der Waals surface area contributed by atoms with E-state index in [-0.39, 0.29) is 36.7 Å². The summed E-state index contributed by atoms with van der Waals surface area (Å²) in [5.41, 5.74) is 4.61. The number of carboxylic acids is 1. The number of aliphatic hydroxyl groups is 2. The van der Waals surface area contributed by atoms with Crippen LogP contribution in [0.2, 0.25) is 0 Å². The molecule has 240 valence electrons. The minimum Gasteiger partial charge on any atom is -0.550 e. The minimum absolute atomic E-state index is 0.0966. The standard InChI is InChI=1S/C35H41FN2O6S/c1-23(2)33-35(45(43,44)37(4)22-25-8-6-5-7-9-25)32(26-12-10-24(3)11-13-26)34(27-14-16-28(36)17-15-27)38(33)19-18-29(39)20-30(40)21-31(41)42/h5-17,23,29-30,39-40H,18-22H2,1-4H3,(H,41,42)/p-1/t29-,30-/m1/s1. The van der Waals surface area contributed by atoms with Gasteiger partial charge in [-0.1, -0.05) is 74.0 Å². The Hall–Kier alpha value is -3.83. The maximum atomic E-state index is 14.7. The molecule has 0 saturated carbocycles. The van der Waals surface area contributed by atoms with Crippen molar-refractivity contribution in [3.63, 3.8) is 0 Å². The summed E-state index contributed by atoms with van der Waals surface area (Å²) >= 11 is 0. The van der Waals surface area contributed by atoms with E-state index in [4.69, 9.17) is 0 Å². The van der Waals surface area contributed by atoms with E-state index in [0.717, 1.165) is 11.1 Å². The molecule has 3 aromatic carbocycles. The number of benzene rings is 3. The van der Waals surface area contributed by atoms with E-state index in [2.05, 4.69) is 0 Å². The Labute approximate surface area is 264 Å². The van der Waals surface area contributed by atoms with E-state index in [0.29, 0.717) is 28.1 Å². The van der Waals surface area contributed by atoms with E-state index in [1.54, 1.807) is 19.2 Å². The van der Waals surface area contributed by atoms with Crippen LogP contribution in [0, 0.1) is 12.7 Å². The molecule has 0 saturated heterocycles. The van der Waals surface area contributed by atoms with Gasteiger partial charge in [-0.2, -0.15) is 4.31 Å². The van der Waals surface area contributed by atoms with Gasteiger partial charge in [0, 0.05) is 43.8 Å². The zero-order chi connectivity index (χ0) is 32.9. The Morgan fingerprint density at radius 3 is 2.11 bits per heavy atom. The molecule has 0 aliphatic rings. The van der Waals surface area contributed by atoms with Crippen molar-refractivity contribution in [3.05, 3.63) is 102 Å². The molecule has 0 fully saturated rings. The number of hydrogen-bond acceptors (Lipinski definition) is 6. The number of aliphatic hydroxyl groups excluding tert-OH is 2. The molecule has 10 heteroatoms. The first-order valence-corrected chi connectivity index (χ1v) is 16.4. The second-order valence-electron chi connectivity index (χ2n) is 11.8. The number of nitrogens with zero attached hydrogens (tertiary/aromatic N) is 2. The van der Waals surface area contributed by atoms with Gasteiger partial charge in [0.1, 0.15) is 10.7 Å². The number of aryl methyl sites for hydroxylation is 1. The predicted octanol–water partition coefficient (Wildman–Crippen LogP) is 4.86. The first-order valence-electron chi connectivity index (χ1n) is 14.9. The van der Waals surface area contributed by atoms with Gasteiger partial charge >= 0.3 is 0 Å². The molecule has 0 spiro atoms. The quantitative estimate of drug-likeness (QED) is 0.204. The predicted molar refractivity (Wildman–Crippen MR) is 170 cm³/mol. The zero-order valence-electron chi connectivity index (χ0n) is 26.0. The lowest BCUT2D eigenvalue weighted by atomic mass is 9.99. The van der Waals surface area contributed by atoms with Gasteiger partial charge in [-0.25, -0.2) is 12.8 Å². The fourth-order valence-corrected chi connectivity index (χ4v) is 7.36. The molecule has 45 heavy (non-hydrogen) atoms. The number of halogens is 1. The van der Waals surface area contributed by atoms with Crippen molar-refractivity contribution in [2.75, 3.05) is 7.05 Å². The van der Waals surface area contributed by atoms with Gasteiger partial charge in [-0.05, 0) is 66.6 Å². The van der Waals surface area contributed by atoms with Crippen molar-refractivity contribution < 1.29 is 32.9 Å². The first kappa shape index (κ1) is 34.1. The van der Waals surface area contributed by atoms with Crippen molar-refractivity contribution in [2.45, 2.75) is 76.1 Å². The fraction of sp³-hybridized carbons (Fsp3) is 0.343. The van der Waals surface area contributed by atoms with Gasteiger partial charge in [0.15, 0.2) is 0 Å². The Kier molecular flexibility index (Phi) is 11.0. The molecular weight excluding hydrogens is 595 g/mol. The lowest BCUT2D eigenvalue weighted by Gasteiger charge is -2.22. The SMILES string of the molecule is Cc1ccc(-c2c(S(=O)(=O)N(C)Cc3ccccc3)c(C(C)C)n(CC[C@@H](O)C[C@@H](O)CC(=O)[O-])c2-c2ccc(F)cc2)cc1. The molecule has 0 radical (unpaired) electrons. The van der Waals surface area contributed by atoms with Crippen LogP contribution in [0.5, 0.6) is 0 Å². The smallest absolute Gasteiger partial charge is 0.245 e. The molecule has 1 heterocycles. The van der Waals surface area contributed by atoms with E-state index < -0.39 is 40.4 Å². The van der Waals surface area contributed by atoms with Crippen molar-refractivity contribution in [1.82, 2.24) is 8.87 Å². The number of sulfonamides is 1. The highest BCUT2D eigenvalue weighted by atomic mass is 32.2. The number of carbonyl (C=O) groups excluding carboxylic acids is 1. The molecule has 0 unspecified atom stereocenters. The summed E-state index contributed by atoms with van der Waals surface area (Å²) in [4.78, 5) is 11.1. The molecule has 2 atom stereocenters. The van der Waals surface area contributed by atoms with Crippen molar-refractivity contribution >= 4 is 16.0 Å². The van der Waals surface area contributed by atoms with Gasteiger partial charge in [0.05, 0.1) is 17.9 Å². The van der Waals surface area contributed by atoms with Crippen LogP contribution in [0.4, 0.5) is 4.39 Å². The third-order valence-electron chi connectivity index (χ3n) is 7.81. The third kappa shape index (κ3) is 8.07. The van der Waals surface area contributed by atoms with Crippen LogP contribution in [0.1, 0.15) is 55.8 Å².